The molecule has 0 spiro atoms. The van der Waals surface area contributed by atoms with Crippen LogP contribution in [-0.4, -0.2) is 50.0 Å². The average Bonchev–Trinajstić information content (AvgIpc) is 2.85. The smallest absolute Gasteiger partial charge is 0.321 e. The third-order valence-corrected chi connectivity index (χ3v) is 3.11. The monoisotopic (exact) mass is 269 g/mol. The zero-order valence-corrected chi connectivity index (χ0v) is 11.3. The van der Waals surface area contributed by atoms with Crippen LogP contribution < -0.4 is 0 Å². The summed E-state index contributed by atoms with van der Waals surface area (Å²) >= 11 is 0. The molecule has 1 fully saturated rings. The number of rotatable bonds is 3. The summed E-state index contributed by atoms with van der Waals surface area (Å²) in [5, 5.41) is 26.6. The average molecular weight is 269 g/mol. The van der Waals surface area contributed by atoms with E-state index in [-0.39, 0.29) is 18.4 Å². The van der Waals surface area contributed by atoms with Crippen molar-refractivity contribution in [2.24, 2.45) is 0 Å². The maximum Gasteiger partial charge on any atom is 0.321 e. The molecule has 106 valence electrons. The van der Waals surface area contributed by atoms with Crippen LogP contribution in [-0.2, 0) is 16.8 Å². The van der Waals surface area contributed by atoms with Gasteiger partial charge in [0, 0.05) is 18.4 Å². The van der Waals surface area contributed by atoms with Crippen molar-refractivity contribution in [1.82, 2.24) is 15.1 Å². The van der Waals surface area contributed by atoms with Gasteiger partial charge in [0.25, 0.3) is 0 Å². The number of carboxylic acid groups (broad SMARTS) is 1. The van der Waals surface area contributed by atoms with E-state index in [0.717, 1.165) is 0 Å². The number of hydrogen-bond donors (Lipinski definition) is 2. The van der Waals surface area contributed by atoms with Gasteiger partial charge in [-0.25, -0.2) is 0 Å². The van der Waals surface area contributed by atoms with Gasteiger partial charge in [0.1, 0.15) is 6.04 Å². The number of nitrogens with zero attached hydrogens (tertiary/aromatic N) is 3. The van der Waals surface area contributed by atoms with E-state index >= 15 is 0 Å². The van der Waals surface area contributed by atoms with Crippen molar-refractivity contribution >= 4 is 5.97 Å². The third-order valence-electron chi connectivity index (χ3n) is 3.11. The molecule has 2 atom stereocenters. The molecule has 7 nitrogen and oxygen atoms in total. The van der Waals surface area contributed by atoms with Gasteiger partial charge in [0.2, 0.25) is 11.8 Å². The van der Waals surface area contributed by atoms with Crippen LogP contribution in [0, 0.1) is 0 Å². The van der Waals surface area contributed by atoms with Gasteiger partial charge in [-0.15, -0.1) is 10.2 Å². The maximum absolute atomic E-state index is 11.1. The van der Waals surface area contributed by atoms with Crippen molar-refractivity contribution in [3.63, 3.8) is 0 Å². The minimum absolute atomic E-state index is 0.232. The quantitative estimate of drug-likeness (QED) is 0.818. The van der Waals surface area contributed by atoms with Crippen molar-refractivity contribution in [2.45, 2.75) is 51.3 Å². The summed E-state index contributed by atoms with van der Waals surface area (Å²) in [6.07, 6.45) is -0.388. The molecule has 0 amide bonds. The Hall–Kier alpha value is -1.47. The number of aliphatic hydroxyl groups is 1. The molecule has 0 bridgehead atoms. The molecule has 1 aliphatic rings. The van der Waals surface area contributed by atoms with Gasteiger partial charge in [0.15, 0.2) is 0 Å². The fourth-order valence-electron chi connectivity index (χ4n) is 2.11. The number of hydrogen-bond acceptors (Lipinski definition) is 6. The zero-order chi connectivity index (χ0) is 14.2. The lowest BCUT2D eigenvalue weighted by Crippen LogP contribution is -2.35. The molecule has 19 heavy (non-hydrogen) atoms. The summed E-state index contributed by atoms with van der Waals surface area (Å²) in [5.41, 5.74) is -0.234. The molecule has 7 heteroatoms. The molecule has 2 N–H and O–H groups in total. The number of aliphatic hydroxyl groups excluding tert-OH is 1. The summed E-state index contributed by atoms with van der Waals surface area (Å²) in [4.78, 5) is 12.7. The fraction of sp³-hybridized carbons (Fsp3) is 0.750. The Kier molecular flexibility index (Phi) is 3.60. The zero-order valence-electron chi connectivity index (χ0n) is 11.3. The fourth-order valence-corrected chi connectivity index (χ4v) is 2.11. The minimum atomic E-state index is -0.938. The van der Waals surface area contributed by atoms with Crippen molar-refractivity contribution in [1.29, 1.82) is 0 Å². The molecular formula is C12H19N3O4. The second-order valence-electron chi connectivity index (χ2n) is 5.92. The SMILES string of the molecule is CC(C)(C)c1nnc(CN2CC(O)CC2C(=O)O)o1. The predicted molar refractivity (Wildman–Crippen MR) is 65.5 cm³/mol. The van der Waals surface area contributed by atoms with E-state index in [4.69, 9.17) is 9.52 Å². The van der Waals surface area contributed by atoms with Crippen molar-refractivity contribution < 1.29 is 19.4 Å². The van der Waals surface area contributed by atoms with Gasteiger partial charge in [-0.05, 0) is 0 Å². The van der Waals surface area contributed by atoms with E-state index in [1.54, 1.807) is 4.90 Å². The highest BCUT2D eigenvalue weighted by Gasteiger charge is 2.37. The van der Waals surface area contributed by atoms with Crippen molar-refractivity contribution in [3.8, 4) is 0 Å². The van der Waals surface area contributed by atoms with Gasteiger partial charge in [0.05, 0.1) is 12.6 Å². The number of aliphatic carboxylic acids is 1. The molecule has 0 aromatic carbocycles. The van der Waals surface area contributed by atoms with Crippen LogP contribution in [0.3, 0.4) is 0 Å². The van der Waals surface area contributed by atoms with Crippen molar-refractivity contribution in [2.75, 3.05) is 6.54 Å². The number of aromatic nitrogens is 2. The molecule has 0 aliphatic carbocycles. The van der Waals surface area contributed by atoms with Crippen LogP contribution in [0.15, 0.2) is 4.42 Å². The summed E-state index contributed by atoms with van der Waals surface area (Å²) < 4.78 is 5.53. The minimum Gasteiger partial charge on any atom is -0.480 e. The van der Waals surface area contributed by atoms with E-state index in [1.165, 1.54) is 0 Å². The Balaban J connectivity index is 2.08. The number of carbonyl (C=O) groups is 1. The Morgan fingerprint density at radius 3 is 2.68 bits per heavy atom. The molecule has 0 saturated carbocycles. The highest BCUT2D eigenvalue weighted by atomic mass is 16.4. The second-order valence-corrected chi connectivity index (χ2v) is 5.92. The second kappa shape index (κ2) is 4.90. The predicted octanol–water partition coefficient (Wildman–Crippen LogP) is 0.387. The van der Waals surface area contributed by atoms with E-state index in [9.17, 15) is 9.90 Å². The Bertz CT molecular complexity index is 466. The highest BCUT2D eigenvalue weighted by molar-refractivity contribution is 5.73. The first kappa shape index (κ1) is 14.0. The van der Waals surface area contributed by atoms with Crippen LogP contribution in [0.1, 0.15) is 39.0 Å². The van der Waals surface area contributed by atoms with Gasteiger partial charge in [-0.2, -0.15) is 0 Å². The van der Waals surface area contributed by atoms with E-state index < -0.39 is 18.1 Å². The lowest BCUT2D eigenvalue weighted by atomic mass is 9.97. The van der Waals surface area contributed by atoms with Crippen LogP contribution in [0.2, 0.25) is 0 Å². The molecule has 0 radical (unpaired) electrons. The molecular weight excluding hydrogens is 250 g/mol. The normalized spacial score (nSPS) is 24.8. The van der Waals surface area contributed by atoms with Crippen LogP contribution in [0.5, 0.6) is 0 Å². The van der Waals surface area contributed by atoms with Gasteiger partial charge >= 0.3 is 5.97 Å². The Morgan fingerprint density at radius 1 is 1.47 bits per heavy atom. The van der Waals surface area contributed by atoms with E-state index in [2.05, 4.69) is 10.2 Å². The summed E-state index contributed by atoms with van der Waals surface area (Å²) in [7, 11) is 0. The number of carboxylic acids is 1. The Labute approximate surface area is 111 Å². The molecule has 1 saturated heterocycles. The van der Waals surface area contributed by atoms with Crippen LogP contribution >= 0.6 is 0 Å². The lowest BCUT2D eigenvalue weighted by molar-refractivity contribution is -0.142. The molecule has 1 aromatic heterocycles. The Morgan fingerprint density at radius 2 is 2.16 bits per heavy atom. The molecule has 2 heterocycles. The molecule has 2 rings (SSSR count). The number of likely N-dealkylation sites (tertiary alicyclic amines) is 1. The first-order chi connectivity index (χ1) is 8.77. The molecule has 1 aromatic rings. The van der Waals surface area contributed by atoms with Gasteiger partial charge in [-0.3, -0.25) is 9.69 Å². The van der Waals surface area contributed by atoms with Crippen LogP contribution in [0.4, 0.5) is 0 Å². The van der Waals surface area contributed by atoms with E-state index in [1.807, 2.05) is 20.8 Å². The standard InChI is InChI=1S/C12H19N3O4/c1-12(2,3)11-14-13-9(19-11)6-15-5-7(16)4-8(15)10(17)18/h7-8,16H,4-6H2,1-3H3,(H,17,18). The van der Waals surface area contributed by atoms with Crippen molar-refractivity contribution in [3.05, 3.63) is 11.8 Å². The summed E-state index contributed by atoms with van der Waals surface area (Å²) in [6.45, 7) is 6.44. The topological polar surface area (TPSA) is 99.7 Å². The van der Waals surface area contributed by atoms with Gasteiger partial charge < -0.3 is 14.6 Å². The largest absolute Gasteiger partial charge is 0.480 e. The lowest BCUT2D eigenvalue weighted by Gasteiger charge is -2.18. The third kappa shape index (κ3) is 3.10. The molecule has 2 unspecified atom stereocenters. The number of β-amino-alcohol motifs (C(OH)–C–C–N with tert-alkyl or cyclic N) is 1. The molecule has 1 aliphatic heterocycles. The summed E-state index contributed by atoms with van der Waals surface area (Å²) in [6, 6.07) is -0.694. The highest BCUT2D eigenvalue weighted by Crippen LogP contribution is 2.23. The van der Waals surface area contributed by atoms with Gasteiger partial charge in [-0.1, -0.05) is 20.8 Å². The van der Waals surface area contributed by atoms with E-state index in [0.29, 0.717) is 18.3 Å². The first-order valence-electron chi connectivity index (χ1n) is 6.25. The first-order valence-corrected chi connectivity index (χ1v) is 6.25. The summed E-state index contributed by atoms with van der Waals surface area (Å²) in [5.74, 6) is -0.0356. The maximum atomic E-state index is 11.1. The van der Waals surface area contributed by atoms with Crippen LogP contribution in [0.25, 0.3) is 0 Å².